The lowest BCUT2D eigenvalue weighted by molar-refractivity contribution is 0.102. The molecule has 4 N–H and O–H groups in total. The number of aromatic nitrogens is 3. The Morgan fingerprint density at radius 1 is 1.04 bits per heavy atom. The zero-order valence-corrected chi connectivity index (χ0v) is 15.2. The van der Waals surface area contributed by atoms with Crippen LogP contribution in [0.5, 0.6) is 0 Å². The largest absolute Gasteiger partial charge is 0.321 e. The molecule has 0 aliphatic carbocycles. The zero-order valence-electron chi connectivity index (χ0n) is 14.4. The fourth-order valence-corrected chi connectivity index (χ4v) is 3.18. The molecule has 1 amide bonds. The first-order valence-corrected chi connectivity index (χ1v) is 9.38. The number of amides is 1. The van der Waals surface area contributed by atoms with Crippen molar-refractivity contribution in [2.24, 2.45) is 0 Å². The molecule has 0 aliphatic heterocycles. The summed E-state index contributed by atoms with van der Waals surface area (Å²) in [5, 5.41) is 10.4. The van der Waals surface area contributed by atoms with Gasteiger partial charge in [-0.15, -0.1) is 0 Å². The third-order valence-electron chi connectivity index (χ3n) is 4.10. The molecule has 0 aliphatic rings. The number of nitrogens with zero attached hydrogens (tertiary/aromatic N) is 2. The highest BCUT2D eigenvalue weighted by atomic mass is 32.2. The van der Waals surface area contributed by atoms with Crippen LogP contribution in [0.25, 0.3) is 22.0 Å². The van der Waals surface area contributed by atoms with E-state index < -0.39 is 17.2 Å². The van der Waals surface area contributed by atoms with Crippen LogP contribution in [0.2, 0.25) is 0 Å². The van der Waals surface area contributed by atoms with E-state index in [-0.39, 0.29) is 5.69 Å². The van der Waals surface area contributed by atoms with E-state index in [0.29, 0.717) is 16.8 Å². The van der Waals surface area contributed by atoms with Crippen molar-refractivity contribution in [1.82, 2.24) is 15.2 Å². The number of carbonyl (C=O) groups excluding carboxylic acids is 1. The van der Waals surface area contributed by atoms with E-state index in [9.17, 15) is 9.00 Å². The van der Waals surface area contributed by atoms with Gasteiger partial charge in [-0.3, -0.25) is 24.2 Å². The number of nitrogens with one attached hydrogen (secondary N) is 3. The molecule has 0 fully saturated rings. The van der Waals surface area contributed by atoms with Gasteiger partial charge in [0.2, 0.25) is 0 Å². The van der Waals surface area contributed by atoms with Gasteiger partial charge >= 0.3 is 0 Å². The Labute approximate surface area is 162 Å². The van der Waals surface area contributed by atoms with Crippen LogP contribution >= 0.6 is 0 Å². The SMILES string of the molecule is O=C(Nc1cccc(NS(=O)O)c1)c1n[nH]c2ccc(-c3cccnc3)cc12. The number of hydrogen-bond acceptors (Lipinski definition) is 4. The summed E-state index contributed by atoms with van der Waals surface area (Å²) in [5.41, 5.74) is 3.73. The highest BCUT2D eigenvalue weighted by molar-refractivity contribution is 7.80. The second-order valence-electron chi connectivity index (χ2n) is 5.96. The number of carbonyl (C=O) groups is 1. The first kappa shape index (κ1) is 17.8. The predicted octanol–water partition coefficient (Wildman–Crippen LogP) is 3.43. The first-order valence-electron chi connectivity index (χ1n) is 8.27. The molecule has 0 spiro atoms. The number of fused-ring (bicyclic) bond motifs is 1. The Balaban J connectivity index is 1.63. The van der Waals surface area contributed by atoms with Gasteiger partial charge in [0.1, 0.15) is 0 Å². The second kappa shape index (κ2) is 7.59. The molecule has 8 nitrogen and oxygen atoms in total. The summed E-state index contributed by atoms with van der Waals surface area (Å²) < 4.78 is 22.2. The molecular formula is C19H15N5O3S. The van der Waals surface area contributed by atoms with Crippen molar-refractivity contribution in [2.75, 3.05) is 10.0 Å². The Hall–Kier alpha value is -3.56. The summed E-state index contributed by atoms with van der Waals surface area (Å²) in [6, 6.07) is 16.0. The Morgan fingerprint density at radius 3 is 2.68 bits per heavy atom. The number of hydrogen-bond donors (Lipinski definition) is 4. The highest BCUT2D eigenvalue weighted by Gasteiger charge is 2.15. The second-order valence-corrected chi connectivity index (χ2v) is 6.66. The molecule has 1 atom stereocenters. The monoisotopic (exact) mass is 393 g/mol. The van der Waals surface area contributed by atoms with Crippen LogP contribution in [0, 0.1) is 0 Å². The topological polar surface area (TPSA) is 120 Å². The minimum Gasteiger partial charge on any atom is -0.321 e. The van der Waals surface area contributed by atoms with Gasteiger partial charge in [0.25, 0.3) is 17.2 Å². The van der Waals surface area contributed by atoms with Crippen molar-refractivity contribution < 1.29 is 13.6 Å². The summed E-state index contributed by atoms with van der Waals surface area (Å²) in [4.78, 5) is 16.9. The molecule has 140 valence electrons. The maximum atomic E-state index is 12.7. The third kappa shape index (κ3) is 3.75. The van der Waals surface area contributed by atoms with Crippen molar-refractivity contribution in [2.45, 2.75) is 0 Å². The number of H-pyrrole nitrogens is 1. The van der Waals surface area contributed by atoms with Crippen LogP contribution in [0.15, 0.2) is 67.0 Å². The van der Waals surface area contributed by atoms with Crippen LogP contribution < -0.4 is 10.0 Å². The molecule has 2 heterocycles. The van der Waals surface area contributed by atoms with E-state index in [2.05, 4.69) is 25.2 Å². The molecule has 2 aromatic heterocycles. The molecule has 4 aromatic rings. The van der Waals surface area contributed by atoms with Crippen LogP contribution in [0.4, 0.5) is 11.4 Å². The van der Waals surface area contributed by atoms with Crippen LogP contribution in [-0.2, 0) is 11.3 Å². The lowest BCUT2D eigenvalue weighted by Gasteiger charge is -2.07. The maximum Gasteiger partial charge on any atom is 0.276 e. The third-order valence-corrected chi connectivity index (χ3v) is 4.51. The summed E-state index contributed by atoms with van der Waals surface area (Å²) in [7, 11) is 0. The highest BCUT2D eigenvalue weighted by Crippen LogP contribution is 2.25. The molecule has 0 radical (unpaired) electrons. The first-order chi connectivity index (χ1) is 13.6. The van der Waals surface area contributed by atoms with Gasteiger partial charge in [-0.2, -0.15) is 5.10 Å². The summed E-state index contributed by atoms with van der Waals surface area (Å²) in [5.74, 6) is -0.392. The smallest absolute Gasteiger partial charge is 0.276 e. The number of aromatic amines is 1. The van der Waals surface area contributed by atoms with Gasteiger partial charge in [-0.25, -0.2) is 4.21 Å². The molecule has 0 bridgehead atoms. The molecule has 9 heteroatoms. The minimum absolute atomic E-state index is 0.254. The number of anilines is 2. The maximum absolute atomic E-state index is 12.7. The van der Waals surface area contributed by atoms with E-state index in [1.165, 1.54) is 0 Å². The Bertz CT molecular complexity index is 1180. The van der Waals surface area contributed by atoms with Gasteiger partial charge in [0.15, 0.2) is 5.69 Å². The lowest BCUT2D eigenvalue weighted by atomic mass is 10.0. The quantitative estimate of drug-likeness (QED) is 0.387. The van der Waals surface area contributed by atoms with Gasteiger partial charge in [0.05, 0.1) is 11.2 Å². The summed E-state index contributed by atoms with van der Waals surface area (Å²) in [6.07, 6.45) is 3.46. The summed E-state index contributed by atoms with van der Waals surface area (Å²) in [6.45, 7) is 0. The molecule has 1 unspecified atom stereocenters. The average Bonchev–Trinajstić information content (AvgIpc) is 3.12. The van der Waals surface area contributed by atoms with E-state index in [4.69, 9.17) is 4.55 Å². The zero-order chi connectivity index (χ0) is 19.5. The van der Waals surface area contributed by atoms with Gasteiger partial charge in [0, 0.05) is 29.0 Å². The normalized spacial score (nSPS) is 11.9. The standard InChI is InChI=1S/C19H15N5O3S/c25-19(21-14-4-1-5-15(10-14)24-28(26)27)18-16-9-12(6-7-17(16)22-23-18)13-3-2-8-20-11-13/h1-11,24H,(H,21,25)(H,22,23)(H,26,27). The molecular weight excluding hydrogens is 378 g/mol. The van der Waals surface area contributed by atoms with Crippen LogP contribution in [0.3, 0.4) is 0 Å². The summed E-state index contributed by atoms with van der Waals surface area (Å²) >= 11 is -2.19. The van der Waals surface area contributed by atoms with E-state index in [0.717, 1.165) is 16.6 Å². The van der Waals surface area contributed by atoms with Crippen molar-refractivity contribution in [3.05, 3.63) is 72.7 Å². The molecule has 2 aromatic carbocycles. The Kier molecular flexibility index (Phi) is 4.83. The molecule has 0 saturated heterocycles. The van der Waals surface area contributed by atoms with E-state index in [1.54, 1.807) is 36.7 Å². The minimum atomic E-state index is -2.19. The number of rotatable bonds is 5. The van der Waals surface area contributed by atoms with Crippen molar-refractivity contribution in [1.29, 1.82) is 0 Å². The predicted molar refractivity (Wildman–Crippen MR) is 108 cm³/mol. The molecule has 0 saturated carbocycles. The van der Waals surface area contributed by atoms with Crippen LogP contribution in [0.1, 0.15) is 10.5 Å². The van der Waals surface area contributed by atoms with Gasteiger partial charge in [-0.05, 0) is 42.0 Å². The number of benzene rings is 2. The average molecular weight is 393 g/mol. The Morgan fingerprint density at radius 2 is 1.89 bits per heavy atom. The lowest BCUT2D eigenvalue weighted by Crippen LogP contribution is -2.13. The molecule has 28 heavy (non-hydrogen) atoms. The van der Waals surface area contributed by atoms with Gasteiger partial charge < -0.3 is 5.32 Å². The van der Waals surface area contributed by atoms with Crippen molar-refractivity contribution in [3.63, 3.8) is 0 Å². The van der Waals surface area contributed by atoms with E-state index in [1.807, 2.05) is 30.3 Å². The van der Waals surface area contributed by atoms with Gasteiger partial charge in [-0.1, -0.05) is 18.2 Å². The van der Waals surface area contributed by atoms with E-state index >= 15 is 0 Å². The van der Waals surface area contributed by atoms with Crippen LogP contribution in [-0.4, -0.2) is 29.9 Å². The van der Waals surface area contributed by atoms with Crippen molar-refractivity contribution in [3.8, 4) is 11.1 Å². The fourth-order valence-electron chi connectivity index (χ4n) is 2.85. The molecule has 4 rings (SSSR count). The fraction of sp³-hybridized carbons (Fsp3) is 0. The van der Waals surface area contributed by atoms with Crippen molar-refractivity contribution >= 4 is 39.5 Å². The number of pyridine rings is 1.